The quantitative estimate of drug-likeness (QED) is 0.258. The van der Waals surface area contributed by atoms with Gasteiger partial charge in [-0.05, 0) is 19.8 Å². The van der Waals surface area contributed by atoms with Gasteiger partial charge in [0.1, 0.15) is 0 Å². The highest BCUT2D eigenvalue weighted by Crippen LogP contribution is 2.12. The molecule has 0 aromatic rings. The highest BCUT2D eigenvalue weighted by atomic mass is 79.9. The van der Waals surface area contributed by atoms with E-state index < -0.39 is 5.97 Å². The minimum absolute atomic E-state index is 0. The maximum absolute atomic E-state index is 10.8. The normalized spacial score (nSPS) is 12.1. The molecule has 0 rings (SSSR count). The molecule has 0 amide bonds. The number of nitrogens with zero attached hydrogens (tertiary/aromatic N) is 1. The fourth-order valence-electron chi connectivity index (χ4n) is 2.86. The van der Waals surface area contributed by atoms with Gasteiger partial charge in [0.2, 0.25) is 0 Å². The van der Waals surface area contributed by atoms with Gasteiger partial charge in [-0.15, -0.1) is 0 Å². The molecule has 3 nitrogen and oxygen atoms in total. The van der Waals surface area contributed by atoms with E-state index in [9.17, 15) is 4.79 Å². The molecule has 0 saturated carbocycles. The summed E-state index contributed by atoms with van der Waals surface area (Å²) in [7, 11) is 4.50. The molecule has 4 heteroatoms. The number of halogens is 1. The van der Waals surface area contributed by atoms with E-state index in [1.807, 2.05) is 6.08 Å². The second-order valence-corrected chi connectivity index (χ2v) is 7.55. The molecule has 0 spiro atoms. The Hall–Kier alpha value is -0.350. The lowest BCUT2D eigenvalue weighted by molar-refractivity contribution is -0.890. The van der Waals surface area contributed by atoms with Gasteiger partial charge >= 0.3 is 5.97 Å². The largest absolute Gasteiger partial charge is 1.00 e. The van der Waals surface area contributed by atoms with Crippen LogP contribution >= 0.6 is 0 Å². The van der Waals surface area contributed by atoms with Gasteiger partial charge in [-0.3, -0.25) is 0 Å². The Kier molecular flexibility index (Phi) is 17.4. The zero-order chi connectivity index (χ0) is 17.6. The maximum Gasteiger partial charge on any atom is 0.330 e. The van der Waals surface area contributed by atoms with Crippen LogP contribution in [0, 0.1) is 0 Å². The van der Waals surface area contributed by atoms with Crippen LogP contribution in [0.4, 0.5) is 0 Å². The summed E-state index contributed by atoms with van der Waals surface area (Å²) in [6.45, 7) is 6.15. The van der Waals surface area contributed by atoms with Crippen molar-refractivity contribution in [2.45, 2.75) is 84.5 Å². The Bertz CT molecular complexity index is 341. The highest BCUT2D eigenvalue weighted by molar-refractivity contribution is 5.85. The molecule has 144 valence electrons. The van der Waals surface area contributed by atoms with E-state index in [0.29, 0.717) is 5.57 Å². The number of hydrogen-bond acceptors (Lipinski definition) is 1. The van der Waals surface area contributed by atoms with Crippen molar-refractivity contribution >= 4 is 5.97 Å². The van der Waals surface area contributed by atoms with E-state index in [0.717, 1.165) is 17.4 Å². The second-order valence-electron chi connectivity index (χ2n) is 7.55. The number of aliphatic carboxylic acids is 1. The Morgan fingerprint density at radius 1 is 0.875 bits per heavy atom. The fourth-order valence-corrected chi connectivity index (χ4v) is 2.86. The Morgan fingerprint density at radius 2 is 1.33 bits per heavy atom. The predicted molar refractivity (Wildman–Crippen MR) is 99.7 cm³/mol. The SMILES string of the molecule is CCCCCCCCCCCC[N+](C)(C)CCC=C(C)C(=O)O.[Br-]. The van der Waals surface area contributed by atoms with Crippen LogP contribution in [-0.2, 0) is 4.79 Å². The lowest BCUT2D eigenvalue weighted by Gasteiger charge is -2.29. The standard InChI is InChI=1S/C20H39NO2.BrH/c1-5-6-7-8-9-10-11-12-13-14-17-21(3,4)18-15-16-19(2)20(22)23;/h16H,5-15,17-18H2,1-4H3;1H. The topological polar surface area (TPSA) is 37.3 Å². The number of rotatable bonds is 15. The van der Waals surface area contributed by atoms with Gasteiger partial charge in [0.15, 0.2) is 0 Å². The van der Waals surface area contributed by atoms with Crippen molar-refractivity contribution in [3.8, 4) is 0 Å². The van der Waals surface area contributed by atoms with Gasteiger partial charge in [-0.25, -0.2) is 4.79 Å². The number of hydrogen-bond donors (Lipinski definition) is 1. The first-order valence-corrected chi connectivity index (χ1v) is 9.61. The molecule has 24 heavy (non-hydrogen) atoms. The van der Waals surface area contributed by atoms with E-state index in [4.69, 9.17) is 5.11 Å². The summed E-state index contributed by atoms with van der Waals surface area (Å²) in [6.07, 6.45) is 16.5. The van der Waals surface area contributed by atoms with Crippen molar-refractivity contribution < 1.29 is 31.4 Å². The van der Waals surface area contributed by atoms with Gasteiger partial charge < -0.3 is 26.6 Å². The predicted octanol–water partition coefficient (Wildman–Crippen LogP) is 2.41. The summed E-state index contributed by atoms with van der Waals surface area (Å²) in [4.78, 5) is 10.8. The Morgan fingerprint density at radius 3 is 1.79 bits per heavy atom. The zero-order valence-corrected chi connectivity index (χ0v) is 18.0. The molecule has 0 fully saturated rings. The summed E-state index contributed by atoms with van der Waals surface area (Å²) < 4.78 is 0.987. The van der Waals surface area contributed by atoms with Crippen LogP contribution in [0.15, 0.2) is 11.6 Å². The van der Waals surface area contributed by atoms with Crippen LogP contribution in [-0.4, -0.2) is 42.7 Å². The fraction of sp³-hybridized carbons (Fsp3) is 0.850. The van der Waals surface area contributed by atoms with Crippen molar-refractivity contribution in [3.63, 3.8) is 0 Å². The van der Waals surface area contributed by atoms with Crippen molar-refractivity contribution in [3.05, 3.63) is 11.6 Å². The average Bonchev–Trinajstić information content (AvgIpc) is 2.48. The molecular weight excluding hydrogens is 366 g/mol. The van der Waals surface area contributed by atoms with Gasteiger partial charge in [0, 0.05) is 12.0 Å². The average molecular weight is 406 g/mol. The lowest BCUT2D eigenvalue weighted by Crippen LogP contribution is -3.00. The van der Waals surface area contributed by atoms with Crippen LogP contribution in [0.2, 0.25) is 0 Å². The molecule has 1 N–H and O–H groups in total. The number of carboxylic acid groups (broad SMARTS) is 1. The van der Waals surface area contributed by atoms with E-state index in [1.165, 1.54) is 70.8 Å². The van der Waals surface area contributed by atoms with Crippen molar-refractivity contribution in [1.82, 2.24) is 0 Å². The number of unbranched alkanes of at least 4 members (excludes halogenated alkanes) is 9. The van der Waals surface area contributed by atoms with Gasteiger partial charge in [-0.2, -0.15) is 0 Å². The van der Waals surface area contributed by atoms with E-state index in [-0.39, 0.29) is 17.0 Å². The molecule has 0 aliphatic rings. The van der Waals surface area contributed by atoms with Crippen LogP contribution in [0.25, 0.3) is 0 Å². The molecule has 0 aromatic heterocycles. The molecular formula is C20H40BrNO2. The monoisotopic (exact) mass is 405 g/mol. The van der Waals surface area contributed by atoms with E-state index in [1.54, 1.807) is 6.92 Å². The van der Waals surface area contributed by atoms with Crippen molar-refractivity contribution in [2.75, 3.05) is 27.2 Å². The van der Waals surface area contributed by atoms with Gasteiger partial charge in [0.25, 0.3) is 0 Å². The third-order valence-electron chi connectivity index (χ3n) is 4.64. The van der Waals surface area contributed by atoms with Crippen LogP contribution in [0.1, 0.15) is 84.5 Å². The summed E-state index contributed by atoms with van der Waals surface area (Å²) >= 11 is 0. The molecule has 0 heterocycles. The molecule has 0 saturated heterocycles. The molecule has 0 atom stereocenters. The van der Waals surface area contributed by atoms with E-state index >= 15 is 0 Å². The summed E-state index contributed by atoms with van der Waals surface area (Å²) in [5.41, 5.74) is 0.462. The van der Waals surface area contributed by atoms with Crippen LogP contribution in [0.5, 0.6) is 0 Å². The Balaban J connectivity index is 0. The third-order valence-corrected chi connectivity index (χ3v) is 4.64. The maximum atomic E-state index is 10.8. The highest BCUT2D eigenvalue weighted by Gasteiger charge is 2.13. The first-order chi connectivity index (χ1) is 10.9. The molecule has 0 aliphatic heterocycles. The second kappa shape index (κ2) is 16.1. The molecule has 0 aromatic carbocycles. The first-order valence-electron chi connectivity index (χ1n) is 9.61. The number of carboxylic acids is 1. The summed E-state index contributed by atoms with van der Waals surface area (Å²) in [6, 6.07) is 0. The van der Waals surface area contributed by atoms with Crippen LogP contribution < -0.4 is 17.0 Å². The van der Waals surface area contributed by atoms with Gasteiger partial charge in [0.05, 0.1) is 27.2 Å². The molecule has 0 aliphatic carbocycles. The number of quaternary nitrogens is 1. The molecule has 0 radical (unpaired) electrons. The minimum atomic E-state index is -0.801. The molecule has 0 bridgehead atoms. The Labute approximate surface area is 160 Å². The summed E-state index contributed by atoms with van der Waals surface area (Å²) in [5.74, 6) is -0.801. The first kappa shape index (κ1) is 25.9. The minimum Gasteiger partial charge on any atom is -1.00 e. The van der Waals surface area contributed by atoms with Crippen molar-refractivity contribution in [1.29, 1.82) is 0 Å². The van der Waals surface area contributed by atoms with Crippen molar-refractivity contribution in [2.24, 2.45) is 0 Å². The molecule has 0 unspecified atom stereocenters. The smallest absolute Gasteiger partial charge is 0.330 e. The summed E-state index contributed by atoms with van der Waals surface area (Å²) in [5, 5.41) is 8.84. The van der Waals surface area contributed by atoms with E-state index in [2.05, 4.69) is 21.0 Å². The third kappa shape index (κ3) is 16.5. The zero-order valence-electron chi connectivity index (χ0n) is 16.5. The van der Waals surface area contributed by atoms with Crippen LogP contribution in [0.3, 0.4) is 0 Å². The lowest BCUT2D eigenvalue weighted by atomic mass is 10.1. The van der Waals surface area contributed by atoms with Gasteiger partial charge in [-0.1, -0.05) is 64.4 Å². The number of carbonyl (C=O) groups is 1.